The molecular formula is C25H34N6S. The second-order valence-electron chi connectivity index (χ2n) is 8.02. The number of nitrogens with one attached hydrogen (secondary N) is 1. The van der Waals surface area contributed by atoms with E-state index in [4.69, 9.17) is 10.7 Å². The van der Waals surface area contributed by atoms with Crippen molar-refractivity contribution in [1.29, 1.82) is 0 Å². The number of aryl methyl sites for hydroxylation is 1. The van der Waals surface area contributed by atoms with Crippen LogP contribution in [0.2, 0.25) is 0 Å². The number of rotatable bonds is 5. The van der Waals surface area contributed by atoms with Gasteiger partial charge in [-0.25, -0.2) is 9.97 Å². The molecule has 1 fully saturated rings. The number of nitrogens with two attached hydrogens (primary N) is 1. The SMILES string of the molecule is CCC.Cc1cnc(Nc2ccc(N3CCN(C)CC3)cc2)nc1Sc1ccc(N)cc1. The monoisotopic (exact) mass is 450 g/mol. The fourth-order valence-corrected chi connectivity index (χ4v) is 4.03. The summed E-state index contributed by atoms with van der Waals surface area (Å²) in [6.45, 7) is 10.6. The second-order valence-corrected chi connectivity index (χ2v) is 9.08. The van der Waals surface area contributed by atoms with Crippen LogP contribution < -0.4 is 16.0 Å². The third-order valence-electron chi connectivity index (χ3n) is 5.01. The van der Waals surface area contributed by atoms with E-state index in [1.165, 1.54) is 12.1 Å². The standard InChI is InChI=1S/C22H26N6S.C3H8/c1-16-15-24-22(26-21(16)29-20-9-3-17(23)4-10-20)25-18-5-7-19(8-6-18)28-13-11-27(2)12-14-28;1-3-2/h3-10,15H,11-14,23H2,1-2H3,(H,24,25,26);3H2,1-2H3. The van der Waals surface area contributed by atoms with E-state index in [1.807, 2.05) is 37.4 Å². The van der Waals surface area contributed by atoms with Crippen molar-refractivity contribution in [3.05, 3.63) is 60.3 Å². The Morgan fingerprint density at radius 3 is 2.22 bits per heavy atom. The molecule has 6 nitrogen and oxygen atoms in total. The Kier molecular flexibility index (Phi) is 8.76. The van der Waals surface area contributed by atoms with E-state index in [0.29, 0.717) is 5.95 Å². The van der Waals surface area contributed by atoms with Gasteiger partial charge in [0.25, 0.3) is 0 Å². The minimum atomic E-state index is 0.598. The molecule has 1 aliphatic rings. The summed E-state index contributed by atoms with van der Waals surface area (Å²) in [4.78, 5) is 15.0. The van der Waals surface area contributed by atoms with Crippen LogP contribution in [-0.2, 0) is 0 Å². The Labute approximate surface area is 196 Å². The number of nitrogens with zero attached hydrogens (tertiary/aromatic N) is 4. The Morgan fingerprint density at radius 2 is 1.59 bits per heavy atom. The van der Waals surface area contributed by atoms with Crippen LogP contribution in [0.5, 0.6) is 0 Å². The van der Waals surface area contributed by atoms with Crippen LogP contribution in [0.4, 0.5) is 23.0 Å². The van der Waals surface area contributed by atoms with Crippen LogP contribution in [0.15, 0.2) is 64.6 Å². The number of likely N-dealkylation sites (N-methyl/N-ethyl adjacent to an activating group) is 1. The maximum Gasteiger partial charge on any atom is 0.228 e. The highest BCUT2D eigenvalue weighted by Crippen LogP contribution is 2.30. The number of hydrogen-bond donors (Lipinski definition) is 2. The van der Waals surface area contributed by atoms with Crippen molar-refractivity contribution in [1.82, 2.24) is 14.9 Å². The molecule has 32 heavy (non-hydrogen) atoms. The molecule has 0 amide bonds. The van der Waals surface area contributed by atoms with Gasteiger partial charge in [0, 0.05) is 59.9 Å². The first-order chi connectivity index (χ1) is 15.5. The second kappa shape index (κ2) is 11.7. The molecule has 3 aromatic rings. The number of anilines is 4. The van der Waals surface area contributed by atoms with Gasteiger partial charge >= 0.3 is 0 Å². The maximum absolute atomic E-state index is 5.77. The van der Waals surface area contributed by atoms with E-state index in [2.05, 4.69) is 65.3 Å². The molecule has 0 spiro atoms. The van der Waals surface area contributed by atoms with E-state index < -0.39 is 0 Å². The van der Waals surface area contributed by atoms with Gasteiger partial charge in [-0.05, 0) is 62.5 Å². The molecule has 2 heterocycles. The highest BCUT2D eigenvalue weighted by atomic mass is 32.2. The van der Waals surface area contributed by atoms with Crippen molar-refractivity contribution in [2.45, 2.75) is 37.1 Å². The van der Waals surface area contributed by atoms with Crippen molar-refractivity contribution >= 4 is 34.8 Å². The Morgan fingerprint density at radius 1 is 0.969 bits per heavy atom. The number of benzene rings is 2. The molecule has 4 rings (SSSR count). The Hall–Kier alpha value is -2.77. The van der Waals surface area contributed by atoms with Crippen LogP contribution in [0.1, 0.15) is 25.8 Å². The van der Waals surface area contributed by atoms with Gasteiger partial charge in [0.05, 0.1) is 0 Å². The maximum atomic E-state index is 5.77. The largest absolute Gasteiger partial charge is 0.399 e. The van der Waals surface area contributed by atoms with Gasteiger partial charge < -0.3 is 20.9 Å². The number of piperazine rings is 1. The van der Waals surface area contributed by atoms with Crippen molar-refractivity contribution in [3.8, 4) is 0 Å². The van der Waals surface area contributed by atoms with E-state index in [9.17, 15) is 0 Å². The van der Waals surface area contributed by atoms with Crippen molar-refractivity contribution in [2.75, 3.05) is 49.2 Å². The van der Waals surface area contributed by atoms with Gasteiger partial charge in [-0.15, -0.1) is 0 Å². The van der Waals surface area contributed by atoms with Crippen LogP contribution >= 0.6 is 11.8 Å². The molecule has 2 aromatic carbocycles. The number of hydrogen-bond acceptors (Lipinski definition) is 7. The zero-order chi connectivity index (χ0) is 22.9. The Balaban J connectivity index is 0.000000913. The zero-order valence-electron chi connectivity index (χ0n) is 19.5. The number of nitrogen functional groups attached to an aromatic ring is 1. The normalized spacial score (nSPS) is 13.9. The molecule has 0 radical (unpaired) electrons. The van der Waals surface area contributed by atoms with Crippen LogP contribution in [0.3, 0.4) is 0 Å². The lowest BCUT2D eigenvalue weighted by molar-refractivity contribution is 0.313. The molecule has 1 aromatic heterocycles. The predicted octanol–water partition coefficient (Wildman–Crippen LogP) is 5.43. The molecule has 0 bridgehead atoms. The lowest BCUT2D eigenvalue weighted by Crippen LogP contribution is -2.44. The fraction of sp³-hybridized carbons (Fsp3) is 0.360. The summed E-state index contributed by atoms with van der Waals surface area (Å²) in [5.41, 5.74) is 9.82. The van der Waals surface area contributed by atoms with Gasteiger partial charge in [-0.1, -0.05) is 32.0 Å². The average Bonchev–Trinajstić information content (AvgIpc) is 2.79. The molecule has 1 saturated heterocycles. The molecule has 170 valence electrons. The fourth-order valence-electron chi connectivity index (χ4n) is 3.19. The highest BCUT2D eigenvalue weighted by Gasteiger charge is 2.14. The van der Waals surface area contributed by atoms with Crippen molar-refractivity contribution < 1.29 is 0 Å². The zero-order valence-corrected chi connectivity index (χ0v) is 20.3. The first-order valence-electron chi connectivity index (χ1n) is 11.2. The molecule has 7 heteroatoms. The molecule has 0 aliphatic carbocycles. The molecule has 3 N–H and O–H groups in total. The topological polar surface area (TPSA) is 70.3 Å². The minimum Gasteiger partial charge on any atom is -0.399 e. The minimum absolute atomic E-state index is 0.598. The van der Waals surface area contributed by atoms with Gasteiger partial charge in [-0.3, -0.25) is 0 Å². The molecular weight excluding hydrogens is 416 g/mol. The molecule has 0 atom stereocenters. The van der Waals surface area contributed by atoms with E-state index in [0.717, 1.165) is 53.0 Å². The third-order valence-corrected chi connectivity index (χ3v) is 6.13. The predicted molar refractivity (Wildman–Crippen MR) is 137 cm³/mol. The van der Waals surface area contributed by atoms with Gasteiger partial charge in [0.1, 0.15) is 5.03 Å². The first-order valence-corrected chi connectivity index (χ1v) is 12.0. The third kappa shape index (κ3) is 6.87. The van der Waals surface area contributed by atoms with E-state index >= 15 is 0 Å². The average molecular weight is 451 g/mol. The first kappa shape index (κ1) is 23.9. The van der Waals surface area contributed by atoms with Crippen LogP contribution in [-0.4, -0.2) is 48.1 Å². The smallest absolute Gasteiger partial charge is 0.228 e. The molecule has 0 saturated carbocycles. The summed E-state index contributed by atoms with van der Waals surface area (Å²) >= 11 is 1.61. The summed E-state index contributed by atoms with van der Waals surface area (Å²) in [7, 11) is 2.17. The number of aromatic nitrogens is 2. The van der Waals surface area contributed by atoms with Crippen molar-refractivity contribution in [3.63, 3.8) is 0 Å². The van der Waals surface area contributed by atoms with Gasteiger partial charge in [-0.2, -0.15) is 0 Å². The van der Waals surface area contributed by atoms with Gasteiger partial charge in [0.2, 0.25) is 5.95 Å². The molecule has 0 unspecified atom stereocenters. The van der Waals surface area contributed by atoms with Crippen LogP contribution in [0.25, 0.3) is 0 Å². The quantitative estimate of drug-likeness (QED) is 0.397. The lowest BCUT2D eigenvalue weighted by Gasteiger charge is -2.34. The summed E-state index contributed by atoms with van der Waals surface area (Å²) < 4.78 is 0. The summed E-state index contributed by atoms with van der Waals surface area (Å²) in [6.07, 6.45) is 3.10. The van der Waals surface area contributed by atoms with E-state index in [1.54, 1.807) is 11.8 Å². The van der Waals surface area contributed by atoms with Gasteiger partial charge in [0.15, 0.2) is 0 Å². The summed E-state index contributed by atoms with van der Waals surface area (Å²) in [6, 6.07) is 16.3. The highest BCUT2D eigenvalue weighted by molar-refractivity contribution is 7.99. The summed E-state index contributed by atoms with van der Waals surface area (Å²) in [5, 5.41) is 4.25. The van der Waals surface area contributed by atoms with Crippen molar-refractivity contribution in [2.24, 2.45) is 0 Å². The summed E-state index contributed by atoms with van der Waals surface area (Å²) in [5.74, 6) is 0.598. The molecule has 1 aliphatic heterocycles. The Bertz CT molecular complexity index is 967. The van der Waals surface area contributed by atoms with Crippen LogP contribution in [0, 0.1) is 6.92 Å². The van der Waals surface area contributed by atoms with E-state index in [-0.39, 0.29) is 0 Å². The lowest BCUT2D eigenvalue weighted by atomic mass is 10.2.